The molecule has 0 aliphatic rings. The van der Waals surface area contributed by atoms with Crippen LogP contribution >= 0.6 is 11.6 Å². The molecule has 0 amide bonds. The zero-order chi connectivity index (χ0) is 2.71. The summed E-state index contributed by atoms with van der Waals surface area (Å²) in [7, 11) is 0. The van der Waals surface area contributed by atoms with Crippen molar-refractivity contribution in [3.05, 3.63) is 0 Å². The van der Waals surface area contributed by atoms with Crippen LogP contribution in [0.25, 0.3) is 0 Å². The van der Waals surface area contributed by atoms with Gasteiger partial charge in [-0.15, -0.1) is 11.6 Å². The van der Waals surface area contributed by atoms with Gasteiger partial charge in [0.2, 0.25) is 0 Å². The molecule has 44 valence electrons. The first-order valence-corrected chi connectivity index (χ1v) is 1.51. The summed E-state index contributed by atoms with van der Waals surface area (Å²) in [5.41, 5.74) is 0. The Morgan fingerprint density at radius 1 is 1.14 bits per heavy atom. The normalized spacial score (nSPS) is 2.57. The number of hydrogen-bond acceptors (Lipinski definition) is 0. The molecule has 0 bridgehead atoms. The average molecular weight is 198 g/mol. The monoisotopic (exact) mass is 196 g/mol. The molecule has 0 aromatic rings. The van der Waals surface area contributed by atoms with Crippen LogP contribution in [0.4, 0.5) is 0 Å². The summed E-state index contributed by atoms with van der Waals surface area (Å²) in [4.78, 5) is 0. The molecule has 0 atom stereocenters. The van der Waals surface area contributed by atoms with Crippen molar-refractivity contribution in [2.75, 3.05) is 5.88 Å². The first kappa shape index (κ1) is 37.7. The first-order valence-electron chi connectivity index (χ1n) is 0.974. The summed E-state index contributed by atoms with van der Waals surface area (Å²) in [5, 5.41) is 0. The second kappa shape index (κ2) is 47.5. The summed E-state index contributed by atoms with van der Waals surface area (Å²) in [6.07, 6.45) is 0. The molecular formula is C2H5AlCl4. The summed E-state index contributed by atoms with van der Waals surface area (Å²) >= 11 is 5.00. The van der Waals surface area contributed by atoms with Crippen molar-refractivity contribution in [1.82, 2.24) is 0 Å². The molecule has 0 aromatic heterocycles. The standard InChI is InChI=1S/C2H5Cl.Al.3ClH/c1-2-3;;;;/h2H2,1H3;;3*1H/q;+3;;;/p-3. The number of hydrogen-bond donors (Lipinski definition) is 0. The Morgan fingerprint density at radius 2 is 1.14 bits per heavy atom. The molecule has 7 heavy (non-hydrogen) atoms. The fourth-order valence-electron chi connectivity index (χ4n) is 0. The van der Waals surface area contributed by atoms with Crippen molar-refractivity contribution < 1.29 is 37.2 Å². The van der Waals surface area contributed by atoms with E-state index in [9.17, 15) is 0 Å². The second-order valence-corrected chi connectivity index (χ2v) is 0.802. The van der Waals surface area contributed by atoms with Gasteiger partial charge in [0.25, 0.3) is 0 Å². The Hall–Kier alpha value is 1.69. The summed E-state index contributed by atoms with van der Waals surface area (Å²) in [6.45, 7) is 1.89. The maximum atomic E-state index is 5.00. The van der Waals surface area contributed by atoms with Gasteiger partial charge in [-0.05, 0) is 0 Å². The molecule has 5 heteroatoms. The van der Waals surface area contributed by atoms with Crippen LogP contribution < -0.4 is 37.2 Å². The molecule has 0 aliphatic carbocycles. The molecular weight excluding hydrogens is 193 g/mol. The van der Waals surface area contributed by atoms with Gasteiger partial charge in [-0.25, -0.2) is 0 Å². The Bertz CT molecular complexity index is 9.65. The van der Waals surface area contributed by atoms with Crippen LogP contribution in [0.2, 0.25) is 0 Å². The van der Waals surface area contributed by atoms with E-state index in [0.717, 1.165) is 5.88 Å². The van der Waals surface area contributed by atoms with Gasteiger partial charge in [-0.1, -0.05) is 6.92 Å². The third-order valence-electron chi connectivity index (χ3n) is 0. The van der Waals surface area contributed by atoms with Gasteiger partial charge in [-0.2, -0.15) is 0 Å². The molecule has 0 unspecified atom stereocenters. The molecule has 0 rings (SSSR count). The van der Waals surface area contributed by atoms with Crippen molar-refractivity contribution in [2.24, 2.45) is 0 Å². The zero-order valence-electron chi connectivity index (χ0n) is 3.80. The maximum absolute atomic E-state index is 5.00. The molecule has 0 nitrogen and oxygen atoms in total. The van der Waals surface area contributed by atoms with Crippen LogP contribution in [0.5, 0.6) is 0 Å². The average Bonchev–Trinajstić information content (AvgIpc) is 0.918. The Balaban J connectivity index is -0.00000000333. The smallest absolute Gasteiger partial charge is 1.00 e. The minimum atomic E-state index is 0. The van der Waals surface area contributed by atoms with E-state index in [4.69, 9.17) is 11.6 Å². The quantitative estimate of drug-likeness (QED) is 0.268. The van der Waals surface area contributed by atoms with Crippen LogP contribution in [0, 0.1) is 0 Å². The van der Waals surface area contributed by atoms with E-state index in [-0.39, 0.29) is 54.6 Å². The van der Waals surface area contributed by atoms with E-state index >= 15 is 0 Å². The molecule has 0 saturated heterocycles. The van der Waals surface area contributed by atoms with Gasteiger partial charge in [0, 0.05) is 5.88 Å². The minimum Gasteiger partial charge on any atom is -1.00 e. The van der Waals surface area contributed by atoms with Crippen molar-refractivity contribution >= 4 is 29.0 Å². The largest absolute Gasteiger partial charge is 3.00 e. The third-order valence-corrected chi connectivity index (χ3v) is 0. The number of alkyl halides is 1. The van der Waals surface area contributed by atoms with E-state index < -0.39 is 0 Å². The molecule has 0 aromatic carbocycles. The van der Waals surface area contributed by atoms with E-state index in [1.807, 2.05) is 6.92 Å². The Morgan fingerprint density at radius 3 is 1.14 bits per heavy atom. The maximum Gasteiger partial charge on any atom is 3.00 e. The van der Waals surface area contributed by atoms with Crippen LogP contribution in [0.3, 0.4) is 0 Å². The fourth-order valence-corrected chi connectivity index (χ4v) is 0. The zero-order valence-corrected chi connectivity index (χ0v) is 7.97. The second-order valence-electron chi connectivity index (χ2n) is 0.267. The van der Waals surface area contributed by atoms with Crippen LogP contribution in [-0.4, -0.2) is 23.2 Å². The Labute approximate surface area is 78.7 Å². The van der Waals surface area contributed by atoms with Crippen LogP contribution in [0.1, 0.15) is 6.92 Å². The molecule has 0 aliphatic heterocycles. The van der Waals surface area contributed by atoms with Gasteiger partial charge in [0.05, 0.1) is 0 Å². The van der Waals surface area contributed by atoms with Crippen molar-refractivity contribution in [3.8, 4) is 0 Å². The predicted octanol–water partition coefficient (Wildman–Crippen LogP) is -8.12. The van der Waals surface area contributed by atoms with E-state index in [0.29, 0.717) is 0 Å². The Kier molecular flexibility index (Phi) is 256. The van der Waals surface area contributed by atoms with E-state index in [1.54, 1.807) is 0 Å². The van der Waals surface area contributed by atoms with Gasteiger partial charge < -0.3 is 37.2 Å². The van der Waals surface area contributed by atoms with Gasteiger partial charge in [0.1, 0.15) is 0 Å². The molecule has 0 spiro atoms. The van der Waals surface area contributed by atoms with Gasteiger partial charge >= 0.3 is 17.4 Å². The summed E-state index contributed by atoms with van der Waals surface area (Å²) in [5.74, 6) is 0.722. The van der Waals surface area contributed by atoms with Crippen LogP contribution in [-0.2, 0) is 0 Å². The molecule has 0 radical (unpaired) electrons. The van der Waals surface area contributed by atoms with Gasteiger partial charge in [-0.3, -0.25) is 0 Å². The predicted molar refractivity (Wildman–Crippen MR) is 22.1 cm³/mol. The molecule has 0 fully saturated rings. The number of halogens is 4. The molecule has 0 saturated carbocycles. The van der Waals surface area contributed by atoms with Crippen molar-refractivity contribution in [2.45, 2.75) is 6.92 Å². The van der Waals surface area contributed by atoms with Crippen LogP contribution in [0.15, 0.2) is 0 Å². The molecule has 0 N–H and O–H groups in total. The SMILES string of the molecule is CCCl.[Al+3].[Cl-].[Cl-].[Cl-]. The topological polar surface area (TPSA) is 0 Å². The van der Waals surface area contributed by atoms with E-state index in [2.05, 4.69) is 0 Å². The van der Waals surface area contributed by atoms with E-state index in [1.165, 1.54) is 0 Å². The van der Waals surface area contributed by atoms with Crippen molar-refractivity contribution in [3.63, 3.8) is 0 Å². The van der Waals surface area contributed by atoms with Gasteiger partial charge in [0.15, 0.2) is 0 Å². The fraction of sp³-hybridized carbons (Fsp3) is 1.00. The summed E-state index contributed by atoms with van der Waals surface area (Å²) in [6, 6.07) is 0. The third kappa shape index (κ3) is 87.0. The minimum absolute atomic E-state index is 0. The first-order chi connectivity index (χ1) is 1.41. The summed E-state index contributed by atoms with van der Waals surface area (Å²) < 4.78 is 0. The van der Waals surface area contributed by atoms with Crippen molar-refractivity contribution in [1.29, 1.82) is 0 Å². The number of rotatable bonds is 0. The molecule has 0 heterocycles.